The standard InChI is InChI=1S/C15H20O4S2/c1-20-12-7-6-11(10-13(12)21(2,18)19)15(14(16)17)8-4-3-5-9-15/h6-7,10H,3-5,8-9H2,1-2H3,(H,16,17). The quantitative estimate of drug-likeness (QED) is 0.860. The number of hydrogen-bond acceptors (Lipinski definition) is 4. The summed E-state index contributed by atoms with van der Waals surface area (Å²) in [4.78, 5) is 12.7. The first-order valence-electron chi connectivity index (χ1n) is 6.93. The van der Waals surface area contributed by atoms with Crippen LogP contribution in [0.15, 0.2) is 28.0 Å². The summed E-state index contributed by atoms with van der Waals surface area (Å²) in [7, 11) is -3.37. The van der Waals surface area contributed by atoms with Gasteiger partial charge in [-0.2, -0.15) is 0 Å². The van der Waals surface area contributed by atoms with Gasteiger partial charge in [0, 0.05) is 11.2 Å². The van der Waals surface area contributed by atoms with Gasteiger partial charge in [0.05, 0.1) is 10.3 Å². The SMILES string of the molecule is CSc1ccc(C2(C(=O)O)CCCCC2)cc1S(C)(=O)=O. The maximum atomic E-state index is 12.0. The highest BCUT2D eigenvalue weighted by Crippen LogP contribution is 2.41. The molecule has 0 spiro atoms. The van der Waals surface area contributed by atoms with Crippen molar-refractivity contribution in [2.45, 2.75) is 47.3 Å². The molecule has 2 rings (SSSR count). The molecule has 0 unspecified atom stereocenters. The molecule has 1 aromatic carbocycles. The van der Waals surface area contributed by atoms with Crippen LogP contribution in [0.25, 0.3) is 0 Å². The van der Waals surface area contributed by atoms with Crippen molar-refractivity contribution in [2.75, 3.05) is 12.5 Å². The van der Waals surface area contributed by atoms with Crippen molar-refractivity contribution in [3.8, 4) is 0 Å². The fourth-order valence-electron chi connectivity index (χ4n) is 3.05. The predicted molar refractivity (Wildman–Crippen MR) is 83.7 cm³/mol. The monoisotopic (exact) mass is 328 g/mol. The Morgan fingerprint density at radius 2 is 1.86 bits per heavy atom. The second kappa shape index (κ2) is 6.01. The topological polar surface area (TPSA) is 71.4 Å². The Labute approximate surface area is 129 Å². The average Bonchev–Trinajstić information content (AvgIpc) is 2.46. The van der Waals surface area contributed by atoms with Crippen molar-refractivity contribution < 1.29 is 18.3 Å². The van der Waals surface area contributed by atoms with E-state index in [4.69, 9.17) is 0 Å². The van der Waals surface area contributed by atoms with E-state index in [1.165, 1.54) is 18.0 Å². The molecular weight excluding hydrogens is 308 g/mol. The second-order valence-electron chi connectivity index (χ2n) is 5.59. The molecule has 0 aliphatic heterocycles. The minimum absolute atomic E-state index is 0.235. The van der Waals surface area contributed by atoms with Gasteiger partial charge in [-0.3, -0.25) is 4.79 Å². The number of thioether (sulfide) groups is 1. The van der Waals surface area contributed by atoms with Crippen LogP contribution in [0, 0.1) is 0 Å². The van der Waals surface area contributed by atoms with Gasteiger partial charge in [-0.25, -0.2) is 8.42 Å². The molecule has 1 aliphatic rings. The number of sulfone groups is 1. The van der Waals surface area contributed by atoms with E-state index < -0.39 is 21.2 Å². The van der Waals surface area contributed by atoms with Gasteiger partial charge in [-0.1, -0.05) is 25.3 Å². The van der Waals surface area contributed by atoms with Gasteiger partial charge in [0.25, 0.3) is 0 Å². The maximum absolute atomic E-state index is 12.0. The first-order valence-corrected chi connectivity index (χ1v) is 10.0. The highest BCUT2D eigenvalue weighted by Gasteiger charge is 2.41. The number of carboxylic acid groups (broad SMARTS) is 1. The number of carboxylic acids is 1. The normalized spacial score (nSPS) is 18.4. The van der Waals surface area contributed by atoms with Crippen LogP contribution in [-0.2, 0) is 20.0 Å². The van der Waals surface area contributed by atoms with Gasteiger partial charge < -0.3 is 5.11 Å². The smallest absolute Gasteiger partial charge is 0.314 e. The van der Waals surface area contributed by atoms with E-state index in [0.717, 1.165) is 19.3 Å². The first-order chi connectivity index (χ1) is 9.81. The summed E-state index contributed by atoms with van der Waals surface area (Å²) in [6.45, 7) is 0. The lowest BCUT2D eigenvalue weighted by Crippen LogP contribution is -2.38. The fourth-order valence-corrected chi connectivity index (χ4v) is 4.99. The summed E-state index contributed by atoms with van der Waals surface area (Å²) < 4.78 is 23.9. The summed E-state index contributed by atoms with van der Waals surface area (Å²) in [6.07, 6.45) is 6.90. The molecule has 0 amide bonds. The van der Waals surface area contributed by atoms with E-state index >= 15 is 0 Å². The summed E-state index contributed by atoms with van der Waals surface area (Å²) in [6, 6.07) is 5.08. The molecule has 6 heteroatoms. The molecule has 1 saturated carbocycles. The second-order valence-corrected chi connectivity index (χ2v) is 8.42. The minimum atomic E-state index is -3.37. The van der Waals surface area contributed by atoms with Crippen LogP contribution < -0.4 is 0 Å². The molecule has 4 nitrogen and oxygen atoms in total. The molecule has 1 aliphatic carbocycles. The summed E-state index contributed by atoms with van der Waals surface area (Å²) in [5.41, 5.74) is -0.317. The number of rotatable bonds is 4. The van der Waals surface area contributed by atoms with Crippen LogP contribution in [0.4, 0.5) is 0 Å². The van der Waals surface area contributed by atoms with E-state index in [9.17, 15) is 18.3 Å². The Morgan fingerprint density at radius 3 is 2.33 bits per heavy atom. The van der Waals surface area contributed by atoms with Crippen molar-refractivity contribution >= 4 is 27.6 Å². The lowest BCUT2D eigenvalue weighted by molar-refractivity contribution is -0.145. The Bertz CT molecular complexity index is 644. The van der Waals surface area contributed by atoms with Crippen molar-refractivity contribution in [3.05, 3.63) is 23.8 Å². The van der Waals surface area contributed by atoms with Crippen LogP contribution in [0.3, 0.4) is 0 Å². The Balaban J connectivity index is 2.60. The van der Waals surface area contributed by atoms with Gasteiger partial charge in [-0.15, -0.1) is 11.8 Å². The molecule has 1 N–H and O–H groups in total. The van der Waals surface area contributed by atoms with E-state index in [-0.39, 0.29) is 4.90 Å². The summed E-state index contributed by atoms with van der Waals surface area (Å²) >= 11 is 1.36. The van der Waals surface area contributed by atoms with Crippen molar-refractivity contribution in [3.63, 3.8) is 0 Å². The molecule has 0 saturated heterocycles. The predicted octanol–water partition coefficient (Wildman–Crippen LogP) is 3.10. The largest absolute Gasteiger partial charge is 0.481 e. The molecule has 116 valence electrons. The first kappa shape index (κ1) is 16.4. The van der Waals surface area contributed by atoms with Crippen LogP contribution in [0.5, 0.6) is 0 Å². The molecule has 0 aromatic heterocycles. The number of carbonyl (C=O) groups is 1. The van der Waals surface area contributed by atoms with Gasteiger partial charge in [0.15, 0.2) is 9.84 Å². The van der Waals surface area contributed by atoms with Crippen molar-refractivity contribution in [1.29, 1.82) is 0 Å². The van der Waals surface area contributed by atoms with Gasteiger partial charge in [0.1, 0.15) is 0 Å². The van der Waals surface area contributed by atoms with Crippen molar-refractivity contribution in [1.82, 2.24) is 0 Å². The summed E-state index contributed by atoms with van der Waals surface area (Å²) in [5.74, 6) is -0.849. The Kier molecular flexibility index (Phi) is 4.68. The zero-order valence-corrected chi connectivity index (χ0v) is 13.9. The lowest BCUT2D eigenvalue weighted by Gasteiger charge is -2.34. The Morgan fingerprint density at radius 1 is 1.24 bits per heavy atom. The van der Waals surface area contributed by atoms with Gasteiger partial charge in [-0.05, 0) is 36.8 Å². The Hall–Kier alpha value is -1.01. The molecule has 21 heavy (non-hydrogen) atoms. The highest BCUT2D eigenvalue weighted by molar-refractivity contribution is 7.99. The lowest BCUT2D eigenvalue weighted by atomic mass is 9.69. The van der Waals surface area contributed by atoms with Crippen LogP contribution >= 0.6 is 11.8 Å². The van der Waals surface area contributed by atoms with E-state index in [1.807, 2.05) is 6.26 Å². The van der Waals surface area contributed by atoms with Gasteiger partial charge in [0.2, 0.25) is 0 Å². The fraction of sp³-hybridized carbons (Fsp3) is 0.533. The molecule has 1 fully saturated rings. The van der Waals surface area contributed by atoms with Gasteiger partial charge >= 0.3 is 5.97 Å². The number of hydrogen-bond donors (Lipinski definition) is 1. The van der Waals surface area contributed by atoms with Crippen LogP contribution in [0.1, 0.15) is 37.7 Å². The highest BCUT2D eigenvalue weighted by atomic mass is 32.2. The zero-order chi connectivity index (χ0) is 15.7. The van der Waals surface area contributed by atoms with Crippen molar-refractivity contribution in [2.24, 2.45) is 0 Å². The number of aliphatic carboxylic acids is 1. The van der Waals surface area contributed by atoms with E-state index in [2.05, 4.69) is 0 Å². The molecule has 1 aromatic rings. The van der Waals surface area contributed by atoms with Crippen LogP contribution in [0.2, 0.25) is 0 Å². The number of benzene rings is 1. The molecule has 0 bridgehead atoms. The summed E-state index contributed by atoms with van der Waals surface area (Å²) in [5, 5.41) is 9.71. The van der Waals surface area contributed by atoms with E-state index in [1.54, 1.807) is 18.2 Å². The maximum Gasteiger partial charge on any atom is 0.314 e. The average molecular weight is 328 g/mol. The molecular formula is C15H20O4S2. The van der Waals surface area contributed by atoms with E-state index in [0.29, 0.717) is 23.3 Å². The molecule has 0 radical (unpaired) electrons. The zero-order valence-electron chi connectivity index (χ0n) is 12.3. The molecule has 0 atom stereocenters. The minimum Gasteiger partial charge on any atom is -0.481 e. The molecule has 0 heterocycles. The third-order valence-corrected chi connectivity index (χ3v) is 6.29. The third-order valence-electron chi connectivity index (χ3n) is 4.23. The third kappa shape index (κ3) is 3.11. The van der Waals surface area contributed by atoms with Crippen LogP contribution in [-0.4, -0.2) is 32.0 Å².